The Labute approximate surface area is 201 Å². The number of aromatic nitrogens is 2. The van der Waals surface area contributed by atoms with E-state index in [-0.39, 0.29) is 0 Å². The van der Waals surface area contributed by atoms with Gasteiger partial charge in [-0.3, -0.25) is 0 Å². The van der Waals surface area contributed by atoms with Gasteiger partial charge in [0, 0.05) is 38.0 Å². The molecule has 0 fully saturated rings. The Kier molecular flexibility index (Phi) is 4.18. The Morgan fingerprint density at radius 1 is 0.676 bits per heavy atom. The Balaban J connectivity index is 1.54. The lowest BCUT2D eigenvalue weighted by molar-refractivity contribution is -0.659. The number of thiophene rings is 1. The van der Waals surface area contributed by atoms with Crippen molar-refractivity contribution in [2.24, 2.45) is 7.05 Å². The smallest absolute Gasteiger partial charge is 0.230 e. The van der Waals surface area contributed by atoms with Crippen molar-refractivity contribution in [1.82, 2.24) is 4.57 Å². The first-order chi connectivity index (χ1) is 16.7. The molecule has 0 atom stereocenters. The summed E-state index contributed by atoms with van der Waals surface area (Å²) >= 11 is 1.89. The van der Waals surface area contributed by atoms with E-state index in [9.17, 15) is 0 Å². The van der Waals surface area contributed by atoms with Crippen LogP contribution in [-0.4, -0.2) is 4.57 Å². The van der Waals surface area contributed by atoms with E-state index >= 15 is 0 Å². The van der Waals surface area contributed by atoms with Gasteiger partial charge in [-0.25, -0.2) is 0 Å². The van der Waals surface area contributed by atoms with Crippen LogP contribution in [0.25, 0.3) is 58.9 Å². The van der Waals surface area contributed by atoms with Crippen molar-refractivity contribution in [2.45, 2.75) is 6.92 Å². The van der Waals surface area contributed by atoms with Gasteiger partial charge >= 0.3 is 0 Å². The van der Waals surface area contributed by atoms with E-state index in [2.05, 4.69) is 126 Å². The number of fused-ring (bicyclic) bond motifs is 6. The lowest BCUT2D eigenvalue weighted by Gasteiger charge is -2.08. The Morgan fingerprint density at radius 3 is 2.09 bits per heavy atom. The number of hydrogen-bond donors (Lipinski definition) is 0. The van der Waals surface area contributed by atoms with Crippen molar-refractivity contribution in [3.63, 3.8) is 0 Å². The van der Waals surface area contributed by atoms with Crippen molar-refractivity contribution in [2.75, 3.05) is 0 Å². The molecule has 0 aliphatic carbocycles. The fourth-order valence-electron chi connectivity index (χ4n) is 5.36. The predicted molar refractivity (Wildman–Crippen MR) is 145 cm³/mol. The molecule has 0 bridgehead atoms. The van der Waals surface area contributed by atoms with Gasteiger partial charge in [0.15, 0.2) is 6.20 Å². The lowest BCUT2D eigenvalue weighted by Crippen LogP contribution is -2.30. The van der Waals surface area contributed by atoms with Crippen molar-refractivity contribution in [1.29, 1.82) is 0 Å². The number of hydrogen-bond acceptors (Lipinski definition) is 1. The van der Waals surface area contributed by atoms with Crippen LogP contribution in [-0.2, 0) is 7.05 Å². The summed E-state index contributed by atoms with van der Waals surface area (Å²) in [5.41, 5.74) is 7.58. The largest absolute Gasteiger partial charge is 0.309 e. The third-order valence-corrected chi connectivity index (χ3v) is 8.17. The second-order valence-corrected chi connectivity index (χ2v) is 10.0. The van der Waals surface area contributed by atoms with Gasteiger partial charge in [-0.2, -0.15) is 4.57 Å². The average Bonchev–Trinajstić information content (AvgIpc) is 3.40. The molecule has 0 unspecified atom stereocenters. The fraction of sp³-hybridized carbons (Fsp3) is 0.0645. The highest BCUT2D eigenvalue weighted by atomic mass is 32.1. The SMILES string of the molecule is Cc1ccccc1-c1c2sc3ccc(-n4c5ccccc5c5ccccc54)cc3c2cc[n+]1C. The lowest BCUT2D eigenvalue weighted by atomic mass is 10.0. The second kappa shape index (κ2) is 7.28. The summed E-state index contributed by atoms with van der Waals surface area (Å²) in [6.45, 7) is 2.20. The molecule has 7 rings (SSSR count). The molecule has 3 heteroatoms. The molecule has 0 aliphatic rings. The van der Waals surface area contributed by atoms with E-state index in [0.29, 0.717) is 0 Å². The van der Waals surface area contributed by atoms with E-state index in [1.54, 1.807) is 0 Å². The maximum Gasteiger partial charge on any atom is 0.230 e. The number of aryl methyl sites for hydroxylation is 2. The number of benzene rings is 4. The average molecular weight is 456 g/mol. The van der Waals surface area contributed by atoms with Crippen LogP contribution in [0.3, 0.4) is 0 Å². The first-order valence-corrected chi connectivity index (χ1v) is 12.4. The minimum Gasteiger partial charge on any atom is -0.309 e. The molecule has 2 nitrogen and oxygen atoms in total. The number of nitrogens with zero attached hydrogens (tertiary/aromatic N) is 2. The summed E-state index contributed by atoms with van der Waals surface area (Å²) in [4.78, 5) is 0. The molecule has 0 saturated heterocycles. The molecule has 3 aromatic heterocycles. The van der Waals surface area contributed by atoms with E-state index in [0.717, 1.165) is 0 Å². The minimum absolute atomic E-state index is 1.20. The maximum absolute atomic E-state index is 2.40. The number of pyridine rings is 1. The van der Waals surface area contributed by atoms with Crippen molar-refractivity contribution >= 4 is 53.3 Å². The van der Waals surface area contributed by atoms with E-state index < -0.39 is 0 Å². The molecule has 0 amide bonds. The van der Waals surface area contributed by atoms with E-state index in [1.807, 2.05) is 11.3 Å². The second-order valence-electron chi connectivity index (χ2n) is 8.99. The molecule has 4 aromatic carbocycles. The van der Waals surface area contributed by atoms with Crippen LogP contribution in [0.1, 0.15) is 5.56 Å². The number of para-hydroxylation sites is 2. The number of rotatable bonds is 2. The zero-order valence-corrected chi connectivity index (χ0v) is 19.9. The normalized spacial score (nSPS) is 11.8. The molecule has 0 aliphatic heterocycles. The van der Waals surface area contributed by atoms with Crippen LogP contribution in [0.5, 0.6) is 0 Å². The van der Waals surface area contributed by atoms with Gasteiger partial charge in [0.1, 0.15) is 11.7 Å². The van der Waals surface area contributed by atoms with E-state index in [4.69, 9.17) is 0 Å². The van der Waals surface area contributed by atoms with Crippen LogP contribution in [0.4, 0.5) is 0 Å². The molecule has 0 radical (unpaired) electrons. The molecule has 7 aromatic rings. The molecular formula is C31H23N2S+. The highest BCUT2D eigenvalue weighted by Crippen LogP contribution is 2.40. The van der Waals surface area contributed by atoms with Crippen molar-refractivity contribution in [3.05, 3.63) is 109 Å². The molecule has 0 spiro atoms. The fourth-order valence-corrected chi connectivity index (χ4v) is 6.63. The zero-order chi connectivity index (χ0) is 22.8. The van der Waals surface area contributed by atoms with Crippen molar-refractivity contribution < 1.29 is 4.57 Å². The van der Waals surface area contributed by atoms with Gasteiger partial charge in [-0.1, -0.05) is 54.6 Å². The molecular weight excluding hydrogens is 432 g/mol. The van der Waals surface area contributed by atoms with Gasteiger partial charge in [-0.15, -0.1) is 11.3 Å². The molecule has 34 heavy (non-hydrogen) atoms. The summed E-state index contributed by atoms with van der Waals surface area (Å²) < 4.78 is 7.32. The van der Waals surface area contributed by atoms with Crippen molar-refractivity contribution in [3.8, 4) is 16.9 Å². The molecule has 3 heterocycles. The van der Waals surface area contributed by atoms with Gasteiger partial charge < -0.3 is 4.57 Å². The van der Waals surface area contributed by atoms with Crippen LogP contribution >= 0.6 is 11.3 Å². The van der Waals surface area contributed by atoms with Gasteiger partial charge in [-0.05, 0) is 48.9 Å². The Hall–Kier alpha value is -3.95. The predicted octanol–water partition coefficient (Wildman–Crippen LogP) is 7.95. The summed E-state index contributed by atoms with van der Waals surface area (Å²) in [5, 5.41) is 5.22. The first kappa shape index (κ1) is 19.5. The van der Waals surface area contributed by atoms with E-state index in [1.165, 1.54) is 64.5 Å². The maximum atomic E-state index is 2.40. The summed E-state index contributed by atoms with van der Waals surface area (Å²) in [5.74, 6) is 0. The third kappa shape index (κ3) is 2.71. The van der Waals surface area contributed by atoms with Crippen LogP contribution in [0.15, 0.2) is 103 Å². The third-order valence-electron chi connectivity index (χ3n) is 6.98. The van der Waals surface area contributed by atoms with Crippen LogP contribution < -0.4 is 4.57 Å². The van der Waals surface area contributed by atoms with Crippen LogP contribution in [0, 0.1) is 6.92 Å². The quantitative estimate of drug-likeness (QED) is 0.234. The van der Waals surface area contributed by atoms with Gasteiger partial charge in [0.2, 0.25) is 5.69 Å². The summed E-state index contributed by atoms with van der Waals surface area (Å²) in [6, 6.07) is 35.3. The molecule has 162 valence electrons. The Morgan fingerprint density at radius 2 is 1.35 bits per heavy atom. The molecule has 0 N–H and O–H groups in total. The Bertz CT molecular complexity index is 1830. The molecule has 0 saturated carbocycles. The van der Waals surface area contributed by atoms with Gasteiger partial charge in [0.25, 0.3) is 0 Å². The first-order valence-electron chi connectivity index (χ1n) is 11.6. The summed E-state index contributed by atoms with van der Waals surface area (Å²) in [7, 11) is 2.15. The topological polar surface area (TPSA) is 8.81 Å². The highest BCUT2D eigenvalue weighted by molar-refractivity contribution is 7.26. The van der Waals surface area contributed by atoms with Crippen LogP contribution in [0.2, 0.25) is 0 Å². The highest BCUT2D eigenvalue weighted by Gasteiger charge is 2.21. The minimum atomic E-state index is 1.20. The zero-order valence-electron chi connectivity index (χ0n) is 19.1. The standard InChI is InChI=1S/C31H23N2S/c1-20-9-3-4-10-22(20)30-31-25(17-18-32(30)2)26-19-21(15-16-29(26)34-31)33-27-13-7-5-11-23(27)24-12-6-8-14-28(24)33/h3-19H,1-2H3/q+1. The monoisotopic (exact) mass is 455 g/mol. The summed E-state index contributed by atoms with van der Waals surface area (Å²) in [6.07, 6.45) is 2.20. The van der Waals surface area contributed by atoms with Gasteiger partial charge in [0.05, 0.1) is 16.6 Å².